The minimum atomic E-state index is -1.09. The molecule has 1 fully saturated rings. The van der Waals surface area contributed by atoms with Gasteiger partial charge in [0.2, 0.25) is 12.1 Å². The number of fused-ring (bicyclic) bond motifs is 1. The van der Waals surface area contributed by atoms with Crippen molar-refractivity contribution in [3.63, 3.8) is 0 Å². The molecular formula is C21H22N6O3. The van der Waals surface area contributed by atoms with Gasteiger partial charge < -0.3 is 25.4 Å². The fraction of sp³-hybridized carbons (Fsp3) is 0.238. The number of benzodiazepines with no additional fused rings is 1. The maximum absolute atomic E-state index is 12.8. The van der Waals surface area contributed by atoms with Crippen molar-refractivity contribution in [2.24, 2.45) is 4.99 Å². The van der Waals surface area contributed by atoms with E-state index in [1.165, 1.54) is 0 Å². The fourth-order valence-corrected chi connectivity index (χ4v) is 3.25. The number of ether oxygens (including phenoxy) is 2. The van der Waals surface area contributed by atoms with Crippen LogP contribution in [0.5, 0.6) is 0 Å². The monoisotopic (exact) mass is 406 g/mol. The molecule has 0 saturated carbocycles. The van der Waals surface area contributed by atoms with Gasteiger partial charge in [0, 0.05) is 17.7 Å². The Hall–Kier alpha value is -3.56. The van der Waals surface area contributed by atoms with E-state index in [1.54, 1.807) is 6.07 Å². The lowest BCUT2D eigenvalue weighted by molar-refractivity contribution is -0.117. The Morgan fingerprint density at radius 3 is 2.67 bits per heavy atom. The average molecular weight is 406 g/mol. The van der Waals surface area contributed by atoms with Gasteiger partial charge >= 0.3 is 0 Å². The van der Waals surface area contributed by atoms with Crippen molar-refractivity contribution < 1.29 is 14.3 Å². The summed E-state index contributed by atoms with van der Waals surface area (Å²) in [6.07, 6.45) is -1.09. The largest absolute Gasteiger partial charge is 0.410 e. The number of hydrogen-bond donors (Lipinski definition) is 5. The summed E-state index contributed by atoms with van der Waals surface area (Å²) >= 11 is 0. The number of nitrogens with one attached hydrogen (secondary N) is 5. The van der Waals surface area contributed by atoms with Crippen LogP contribution in [0.15, 0.2) is 59.6 Å². The SMILES string of the molecule is N=C(NC1N=C(c2ccccc2)c2ccccc2NC1=O)OC(=N)[C@@H]1COCCN1. The van der Waals surface area contributed by atoms with E-state index in [4.69, 9.17) is 20.3 Å². The van der Waals surface area contributed by atoms with Crippen molar-refractivity contribution in [1.29, 1.82) is 10.8 Å². The lowest BCUT2D eigenvalue weighted by Crippen LogP contribution is -2.50. The molecule has 9 heteroatoms. The summed E-state index contributed by atoms with van der Waals surface area (Å²) in [6.45, 7) is 1.46. The second-order valence-corrected chi connectivity index (χ2v) is 6.80. The van der Waals surface area contributed by atoms with Crippen LogP contribution in [0.3, 0.4) is 0 Å². The highest BCUT2D eigenvalue weighted by atomic mass is 16.5. The fourth-order valence-electron chi connectivity index (χ4n) is 3.25. The molecule has 1 amide bonds. The second-order valence-electron chi connectivity index (χ2n) is 6.80. The molecule has 0 radical (unpaired) electrons. The van der Waals surface area contributed by atoms with E-state index < -0.39 is 24.1 Å². The molecule has 0 spiro atoms. The number of amides is 1. The van der Waals surface area contributed by atoms with Gasteiger partial charge in [0.1, 0.15) is 6.04 Å². The first-order chi connectivity index (χ1) is 14.6. The Morgan fingerprint density at radius 2 is 1.90 bits per heavy atom. The minimum Gasteiger partial charge on any atom is -0.410 e. The van der Waals surface area contributed by atoms with Crippen molar-refractivity contribution >= 4 is 29.2 Å². The molecule has 30 heavy (non-hydrogen) atoms. The summed E-state index contributed by atoms with van der Waals surface area (Å²) in [5.74, 6) is -0.579. The van der Waals surface area contributed by atoms with Gasteiger partial charge in [-0.3, -0.25) is 15.6 Å². The van der Waals surface area contributed by atoms with Crippen LogP contribution in [0.4, 0.5) is 5.69 Å². The summed E-state index contributed by atoms with van der Waals surface area (Å²) in [5.41, 5.74) is 2.88. The van der Waals surface area contributed by atoms with Crippen LogP contribution in [0.2, 0.25) is 0 Å². The third-order valence-electron chi connectivity index (χ3n) is 4.71. The number of aliphatic imine (C=N–C) groups is 1. The van der Waals surface area contributed by atoms with E-state index in [-0.39, 0.29) is 5.90 Å². The Kier molecular flexibility index (Phi) is 5.82. The first-order valence-corrected chi connectivity index (χ1v) is 9.58. The topological polar surface area (TPSA) is 132 Å². The smallest absolute Gasteiger partial charge is 0.290 e. The third-order valence-corrected chi connectivity index (χ3v) is 4.71. The van der Waals surface area contributed by atoms with Crippen LogP contribution in [-0.4, -0.2) is 55.5 Å². The molecule has 0 bridgehead atoms. The van der Waals surface area contributed by atoms with Crippen LogP contribution < -0.4 is 16.0 Å². The molecule has 0 aliphatic carbocycles. The molecule has 4 rings (SSSR count). The van der Waals surface area contributed by atoms with Gasteiger partial charge in [-0.05, 0) is 6.07 Å². The Morgan fingerprint density at radius 1 is 1.13 bits per heavy atom. The van der Waals surface area contributed by atoms with E-state index in [0.29, 0.717) is 31.2 Å². The zero-order valence-electron chi connectivity index (χ0n) is 16.1. The maximum atomic E-state index is 12.8. The second kappa shape index (κ2) is 8.85. The minimum absolute atomic E-state index is 0.156. The quantitative estimate of drug-likeness (QED) is 0.387. The van der Waals surface area contributed by atoms with Crippen LogP contribution in [0, 0.1) is 10.8 Å². The van der Waals surface area contributed by atoms with Gasteiger partial charge in [0.05, 0.1) is 24.6 Å². The van der Waals surface area contributed by atoms with Gasteiger partial charge in [0.25, 0.3) is 11.9 Å². The van der Waals surface area contributed by atoms with E-state index >= 15 is 0 Å². The molecule has 154 valence electrons. The highest BCUT2D eigenvalue weighted by Gasteiger charge is 2.28. The molecule has 2 atom stereocenters. The highest BCUT2D eigenvalue weighted by molar-refractivity contribution is 6.19. The van der Waals surface area contributed by atoms with E-state index in [0.717, 1.165) is 11.1 Å². The van der Waals surface area contributed by atoms with E-state index in [1.807, 2.05) is 48.5 Å². The molecule has 0 aromatic heterocycles. The third kappa shape index (κ3) is 4.37. The van der Waals surface area contributed by atoms with Crippen LogP contribution in [0.1, 0.15) is 11.1 Å². The highest BCUT2D eigenvalue weighted by Crippen LogP contribution is 2.23. The number of benzene rings is 2. The van der Waals surface area contributed by atoms with E-state index in [2.05, 4.69) is 20.9 Å². The lowest BCUT2D eigenvalue weighted by Gasteiger charge is -2.24. The molecule has 1 unspecified atom stereocenters. The summed E-state index contributed by atoms with van der Waals surface area (Å²) in [5, 5.41) is 24.7. The molecule has 2 aliphatic heterocycles. The van der Waals surface area contributed by atoms with Gasteiger partial charge in [0.15, 0.2) is 0 Å². The zero-order chi connectivity index (χ0) is 20.9. The molecule has 2 aliphatic rings. The molecule has 2 aromatic rings. The van der Waals surface area contributed by atoms with Crippen LogP contribution in [0.25, 0.3) is 0 Å². The first-order valence-electron chi connectivity index (χ1n) is 9.58. The Labute approximate surface area is 173 Å². The molecule has 9 nitrogen and oxygen atoms in total. The number of morpholine rings is 1. The van der Waals surface area contributed by atoms with E-state index in [9.17, 15) is 4.79 Å². The van der Waals surface area contributed by atoms with Crippen molar-refractivity contribution in [2.75, 3.05) is 25.1 Å². The van der Waals surface area contributed by atoms with Gasteiger partial charge in [-0.1, -0.05) is 48.5 Å². The molecule has 5 N–H and O–H groups in total. The zero-order valence-corrected chi connectivity index (χ0v) is 16.1. The number of anilines is 1. The maximum Gasteiger partial charge on any atom is 0.290 e. The predicted molar refractivity (Wildman–Crippen MR) is 113 cm³/mol. The number of para-hydroxylation sites is 1. The number of nitrogens with zero attached hydrogens (tertiary/aromatic N) is 1. The van der Waals surface area contributed by atoms with Crippen molar-refractivity contribution in [3.05, 3.63) is 65.7 Å². The normalized spacial score (nSPS) is 20.8. The summed E-state index contributed by atoms with van der Waals surface area (Å²) in [4.78, 5) is 17.3. The lowest BCUT2D eigenvalue weighted by atomic mass is 10.0. The van der Waals surface area contributed by atoms with Crippen molar-refractivity contribution in [2.45, 2.75) is 12.2 Å². The number of hydrogen-bond acceptors (Lipinski definition) is 7. The van der Waals surface area contributed by atoms with Crippen molar-refractivity contribution in [3.8, 4) is 0 Å². The summed E-state index contributed by atoms with van der Waals surface area (Å²) in [6, 6.07) is 16.1. The van der Waals surface area contributed by atoms with Gasteiger partial charge in [-0.2, -0.15) is 0 Å². The number of rotatable bonds is 3. The van der Waals surface area contributed by atoms with Crippen LogP contribution in [-0.2, 0) is 14.3 Å². The Bertz CT molecular complexity index is 985. The predicted octanol–water partition coefficient (Wildman–Crippen LogP) is 1.31. The number of carbonyl (C=O) groups excluding carboxylic acids is 1. The average Bonchev–Trinajstić information content (AvgIpc) is 2.91. The van der Waals surface area contributed by atoms with Crippen LogP contribution >= 0.6 is 0 Å². The molecule has 1 saturated heterocycles. The van der Waals surface area contributed by atoms with Crippen molar-refractivity contribution in [1.82, 2.24) is 10.6 Å². The summed E-state index contributed by atoms with van der Waals surface area (Å²) < 4.78 is 10.6. The Balaban J connectivity index is 1.56. The number of carbonyl (C=O) groups is 1. The molecular weight excluding hydrogens is 384 g/mol. The molecule has 2 heterocycles. The summed E-state index contributed by atoms with van der Waals surface area (Å²) in [7, 11) is 0. The standard InChI is InChI=1S/C21H22N6O3/c22-18(16-12-29-11-10-24-16)30-21(23)27-19-20(28)25-15-9-5-4-8-14(15)17(26-19)13-6-2-1-3-7-13/h1-9,16,19,22,24H,10-12H2,(H2,23,27)(H,25,28)/t16-,19?/m0/s1. The van der Waals surface area contributed by atoms with Gasteiger partial charge in [-0.15, -0.1) is 0 Å². The first kappa shape index (κ1) is 19.7. The molecule has 2 aromatic carbocycles. The van der Waals surface area contributed by atoms with Gasteiger partial charge in [-0.25, -0.2) is 4.99 Å². The number of amidine groups is 1.